The van der Waals surface area contributed by atoms with E-state index in [1.807, 2.05) is 0 Å². The summed E-state index contributed by atoms with van der Waals surface area (Å²) in [6, 6.07) is 0.650. The first-order chi connectivity index (χ1) is 8.81. The molecule has 0 aromatic rings. The van der Waals surface area contributed by atoms with Crippen LogP contribution in [0.5, 0.6) is 0 Å². The molecule has 0 bridgehead atoms. The molecule has 0 radical (unpaired) electrons. The Kier molecular flexibility index (Phi) is 8.70. The van der Waals surface area contributed by atoms with Crippen LogP contribution in [0.15, 0.2) is 0 Å². The predicted octanol–water partition coefficient (Wildman–Crippen LogP) is 3.80. The molecule has 0 aromatic heterocycles. The lowest BCUT2D eigenvalue weighted by atomic mass is 9.96. The molecule has 1 heterocycles. The Balaban J connectivity index is 2.34. The van der Waals surface area contributed by atoms with Gasteiger partial charge in [-0.15, -0.1) is 0 Å². The van der Waals surface area contributed by atoms with E-state index in [0.29, 0.717) is 6.04 Å². The molecule has 1 fully saturated rings. The molecule has 0 amide bonds. The van der Waals surface area contributed by atoms with Crippen molar-refractivity contribution in [1.82, 2.24) is 4.90 Å². The zero-order chi connectivity index (χ0) is 13.2. The molecule has 0 spiro atoms. The van der Waals surface area contributed by atoms with Crippen molar-refractivity contribution in [2.45, 2.75) is 77.7 Å². The molecule has 1 aliphatic heterocycles. The fourth-order valence-electron chi connectivity index (χ4n) is 3.33. The molecule has 2 nitrogen and oxygen atoms in total. The Morgan fingerprint density at radius 2 is 1.94 bits per heavy atom. The largest absolute Gasteiger partial charge is 0.329 e. The van der Waals surface area contributed by atoms with Gasteiger partial charge < -0.3 is 5.73 Å². The maximum Gasteiger partial charge on any atom is 0.0218 e. The summed E-state index contributed by atoms with van der Waals surface area (Å²) in [6.07, 6.45) is 12.3. The second-order valence-corrected chi connectivity index (χ2v) is 6.01. The van der Waals surface area contributed by atoms with Crippen molar-refractivity contribution in [3.05, 3.63) is 0 Å². The number of nitrogens with two attached hydrogens (primary N) is 1. The van der Waals surface area contributed by atoms with E-state index in [1.165, 1.54) is 70.9 Å². The van der Waals surface area contributed by atoms with Crippen LogP contribution in [0.2, 0.25) is 0 Å². The Hall–Kier alpha value is -0.0800. The first-order valence-electron chi connectivity index (χ1n) is 8.25. The van der Waals surface area contributed by atoms with Gasteiger partial charge in [0, 0.05) is 12.6 Å². The quantitative estimate of drug-likeness (QED) is 0.668. The highest BCUT2D eigenvalue weighted by Crippen LogP contribution is 2.23. The first kappa shape index (κ1) is 16.0. The fourth-order valence-corrected chi connectivity index (χ4v) is 3.33. The average molecular weight is 254 g/mol. The van der Waals surface area contributed by atoms with Crippen molar-refractivity contribution < 1.29 is 0 Å². The van der Waals surface area contributed by atoms with E-state index < -0.39 is 0 Å². The van der Waals surface area contributed by atoms with E-state index >= 15 is 0 Å². The maximum absolute atomic E-state index is 5.99. The van der Waals surface area contributed by atoms with Gasteiger partial charge in [-0.3, -0.25) is 4.90 Å². The van der Waals surface area contributed by atoms with Gasteiger partial charge in [0.05, 0.1) is 0 Å². The van der Waals surface area contributed by atoms with E-state index in [9.17, 15) is 0 Å². The minimum Gasteiger partial charge on any atom is -0.329 e. The third-order valence-corrected chi connectivity index (χ3v) is 4.51. The number of nitrogens with zero attached hydrogens (tertiary/aromatic N) is 1. The number of rotatable bonds is 8. The minimum atomic E-state index is 0.650. The second kappa shape index (κ2) is 9.80. The summed E-state index contributed by atoms with van der Waals surface area (Å²) >= 11 is 0. The van der Waals surface area contributed by atoms with E-state index in [2.05, 4.69) is 18.7 Å². The van der Waals surface area contributed by atoms with Crippen LogP contribution in [-0.4, -0.2) is 30.6 Å². The van der Waals surface area contributed by atoms with Gasteiger partial charge in [-0.2, -0.15) is 0 Å². The average Bonchev–Trinajstić information content (AvgIpc) is 2.61. The third kappa shape index (κ3) is 5.71. The lowest BCUT2D eigenvalue weighted by Crippen LogP contribution is -2.41. The van der Waals surface area contributed by atoms with Gasteiger partial charge >= 0.3 is 0 Å². The number of unbranched alkanes of at least 4 members (excludes halogenated alkanes) is 2. The summed E-state index contributed by atoms with van der Waals surface area (Å²) in [4.78, 5) is 2.69. The van der Waals surface area contributed by atoms with Gasteiger partial charge in [-0.25, -0.2) is 0 Å². The summed E-state index contributed by atoms with van der Waals surface area (Å²) in [6.45, 7) is 8.02. The van der Waals surface area contributed by atoms with Gasteiger partial charge in [0.2, 0.25) is 0 Å². The maximum atomic E-state index is 5.99. The SMILES string of the molecule is CCCCCC(CN)N1CCCC(CCC)CC1. The third-order valence-electron chi connectivity index (χ3n) is 4.51. The Labute approximate surface area is 114 Å². The van der Waals surface area contributed by atoms with Crippen molar-refractivity contribution in [3.8, 4) is 0 Å². The molecule has 2 N–H and O–H groups in total. The molecule has 1 rings (SSSR count). The van der Waals surface area contributed by atoms with Crippen molar-refractivity contribution in [1.29, 1.82) is 0 Å². The molecular formula is C16H34N2. The van der Waals surface area contributed by atoms with Crippen molar-refractivity contribution in [2.24, 2.45) is 11.7 Å². The van der Waals surface area contributed by atoms with E-state index in [-0.39, 0.29) is 0 Å². The molecule has 2 atom stereocenters. The lowest BCUT2D eigenvalue weighted by Gasteiger charge is -2.29. The zero-order valence-electron chi connectivity index (χ0n) is 12.7. The standard InChI is InChI=1S/C16H34N2/c1-3-5-6-10-16(14-17)18-12-7-9-15(8-4-2)11-13-18/h15-16H,3-14,17H2,1-2H3. The number of likely N-dealkylation sites (tertiary alicyclic amines) is 1. The van der Waals surface area contributed by atoms with Gasteiger partial charge in [-0.1, -0.05) is 46.0 Å². The number of hydrogen-bond donors (Lipinski definition) is 1. The van der Waals surface area contributed by atoms with Crippen LogP contribution >= 0.6 is 0 Å². The number of hydrogen-bond acceptors (Lipinski definition) is 2. The van der Waals surface area contributed by atoms with Crippen LogP contribution < -0.4 is 5.73 Å². The molecule has 1 aliphatic rings. The molecule has 0 saturated carbocycles. The van der Waals surface area contributed by atoms with Gasteiger partial charge in [0.15, 0.2) is 0 Å². The highest BCUT2D eigenvalue weighted by molar-refractivity contribution is 4.77. The predicted molar refractivity (Wildman–Crippen MR) is 80.8 cm³/mol. The van der Waals surface area contributed by atoms with Crippen LogP contribution in [-0.2, 0) is 0 Å². The van der Waals surface area contributed by atoms with E-state index in [1.54, 1.807) is 0 Å². The fraction of sp³-hybridized carbons (Fsp3) is 1.00. The summed E-state index contributed by atoms with van der Waals surface area (Å²) in [5, 5.41) is 0. The van der Waals surface area contributed by atoms with Crippen LogP contribution in [0.25, 0.3) is 0 Å². The molecule has 0 aliphatic carbocycles. The topological polar surface area (TPSA) is 29.3 Å². The Morgan fingerprint density at radius 1 is 1.11 bits per heavy atom. The van der Waals surface area contributed by atoms with Crippen molar-refractivity contribution in [2.75, 3.05) is 19.6 Å². The summed E-state index contributed by atoms with van der Waals surface area (Å²) < 4.78 is 0. The molecule has 2 heteroatoms. The molecule has 1 saturated heterocycles. The minimum absolute atomic E-state index is 0.650. The molecule has 108 valence electrons. The summed E-state index contributed by atoms with van der Waals surface area (Å²) in [5.74, 6) is 0.981. The van der Waals surface area contributed by atoms with Crippen LogP contribution in [0.3, 0.4) is 0 Å². The Bertz CT molecular complexity index is 194. The van der Waals surface area contributed by atoms with Gasteiger partial charge in [0.25, 0.3) is 0 Å². The van der Waals surface area contributed by atoms with E-state index in [4.69, 9.17) is 5.73 Å². The van der Waals surface area contributed by atoms with Crippen LogP contribution in [0, 0.1) is 5.92 Å². The monoisotopic (exact) mass is 254 g/mol. The van der Waals surface area contributed by atoms with Gasteiger partial charge in [-0.05, 0) is 44.7 Å². The smallest absolute Gasteiger partial charge is 0.0218 e. The summed E-state index contributed by atoms with van der Waals surface area (Å²) in [7, 11) is 0. The molecule has 0 aromatic carbocycles. The molecular weight excluding hydrogens is 220 g/mol. The van der Waals surface area contributed by atoms with Crippen LogP contribution in [0.4, 0.5) is 0 Å². The highest BCUT2D eigenvalue weighted by atomic mass is 15.2. The van der Waals surface area contributed by atoms with Gasteiger partial charge in [0.1, 0.15) is 0 Å². The normalized spacial score (nSPS) is 23.8. The zero-order valence-corrected chi connectivity index (χ0v) is 12.7. The highest BCUT2D eigenvalue weighted by Gasteiger charge is 2.21. The molecule has 18 heavy (non-hydrogen) atoms. The summed E-state index contributed by atoms with van der Waals surface area (Å²) in [5.41, 5.74) is 5.99. The van der Waals surface area contributed by atoms with Crippen molar-refractivity contribution in [3.63, 3.8) is 0 Å². The second-order valence-electron chi connectivity index (χ2n) is 6.01. The van der Waals surface area contributed by atoms with Crippen LogP contribution in [0.1, 0.15) is 71.6 Å². The molecule has 2 unspecified atom stereocenters. The first-order valence-corrected chi connectivity index (χ1v) is 8.25. The Morgan fingerprint density at radius 3 is 2.61 bits per heavy atom. The van der Waals surface area contributed by atoms with Crippen molar-refractivity contribution >= 4 is 0 Å². The lowest BCUT2D eigenvalue weighted by molar-refractivity contribution is 0.192. The van der Waals surface area contributed by atoms with E-state index in [0.717, 1.165) is 12.5 Å².